The van der Waals surface area contributed by atoms with Crippen LogP contribution in [0, 0.1) is 5.82 Å². The molecule has 0 aliphatic carbocycles. The Labute approximate surface area is 145 Å². The van der Waals surface area contributed by atoms with Gasteiger partial charge in [-0.05, 0) is 45.4 Å². The zero-order valence-corrected chi connectivity index (χ0v) is 14.7. The van der Waals surface area contributed by atoms with Gasteiger partial charge in [-0.2, -0.15) is 0 Å². The molecule has 0 saturated carbocycles. The molecule has 0 unspecified atom stereocenters. The van der Waals surface area contributed by atoms with E-state index in [2.05, 4.69) is 10.6 Å². The maximum atomic E-state index is 14.3. The van der Waals surface area contributed by atoms with Crippen LogP contribution in [0.1, 0.15) is 34.1 Å². The molecule has 1 aliphatic heterocycles. The summed E-state index contributed by atoms with van der Waals surface area (Å²) in [6, 6.07) is 3.33. The number of amides is 3. The lowest BCUT2D eigenvalue weighted by atomic mass is 10.2. The molecular formula is C17H22FN3O4. The Morgan fingerprint density at radius 1 is 1.32 bits per heavy atom. The summed E-state index contributed by atoms with van der Waals surface area (Å²) in [6.07, 6.45) is -0.334. The van der Waals surface area contributed by atoms with Gasteiger partial charge in [0.05, 0.1) is 5.69 Å². The van der Waals surface area contributed by atoms with Crippen molar-refractivity contribution >= 4 is 29.3 Å². The smallest absolute Gasteiger partial charge is 0.408 e. The van der Waals surface area contributed by atoms with Crippen molar-refractivity contribution in [2.45, 2.75) is 45.8 Å². The summed E-state index contributed by atoms with van der Waals surface area (Å²) in [7, 11) is 0. The van der Waals surface area contributed by atoms with Crippen LogP contribution >= 0.6 is 0 Å². The molecule has 0 spiro atoms. The molecule has 1 atom stereocenters. The van der Waals surface area contributed by atoms with E-state index in [4.69, 9.17) is 4.74 Å². The van der Waals surface area contributed by atoms with Crippen molar-refractivity contribution in [2.75, 3.05) is 16.8 Å². The second kappa shape index (κ2) is 7.08. The summed E-state index contributed by atoms with van der Waals surface area (Å²) in [5, 5.41) is 4.99. The third-order valence-electron chi connectivity index (χ3n) is 3.46. The van der Waals surface area contributed by atoms with E-state index >= 15 is 0 Å². The molecule has 1 aliphatic rings. The molecule has 0 radical (unpaired) electrons. The largest absolute Gasteiger partial charge is 0.444 e. The van der Waals surface area contributed by atoms with Crippen LogP contribution in [0.15, 0.2) is 18.2 Å². The first-order valence-corrected chi connectivity index (χ1v) is 7.95. The molecule has 2 N–H and O–H groups in total. The fourth-order valence-electron chi connectivity index (χ4n) is 2.51. The molecule has 25 heavy (non-hydrogen) atoms. The van der Waals surface area contributed by atoms with E-state index in [-0.39, 0.29) is 18.1 Å². The number of nitrogens with one attached hydrogen (secondary N) is 2. The van der Waals surface area contributed by atoms with Crippen molar-refractivity contribution < 1.29 is 23.5 Å². The van der Waals surface area contributed by atoms with Crippen molar-refractivity contribution in [2.24, 2.45) is 0 Å². The number of hydrogen-bond acceptors (Lipinski definition) is 4. The van der Waals surface area contributed by atoms with Crippen LogP contribution in [0.25, 0.3) is 0 Å². The first-order chi connectivity index (χ1) is 11.6. The fraction of sp³-hybridized carbons (Fsp3) is 0.471. The normalized spacial score (nSPS) is 17.4. The molecule has 1 fully saturated rings. The Morgan fingerprint density at radius 2 is 2.00 bits per heavy atom. The van der Waals surface area contributed by atoms with Crippen LogP contribution < -0.4 is 15.5 Å². The molecule has 1 saturated heterocycles. The summed E-state index contributed by atoms with van der Waals surface area (Å²) in [5.41, 5.74) is -0.256. The summed E-state index contributed by atoms with van der Waals surface area (Å²) in [5.74, 6) is -1.35. The highest BCUT2D eigenvalue weighted by atomic mass is 19.1. The minimum absolute atomic E-state index is 0.104. The van der Waals surface area contributed by atoms with Gasteiger partial charge in [-0.3, -0.25) is 9.59 Å². The lowest BCUT2D eigenvalue weighted by Gasteiger charge is -2.22. The number of halogens is 1. The average Bonchev–Trinajstić information content (AvgIpc) is 2.78. The first kappa shape index (κ1) is 18.7. The van der Waals surface area contributed by atoms with Gasteiger partial charge in [0.25, 0.3) is 0 Å². The van der Waals surface area contributed by atoms with Gasteiger partial charge in [0.2, 0.25) is 11.8 Å². The zero-order valence-electron chi connectivity index (χ0n) is 14.7. The van der Waals surface area contributed by atoms with E-state index in [9.17, 15) is 18.8 Å². The number of nitrogens with zero attached hydrogens (tertiary/aromatic N) is 1. The van der Waals surface area contributed by atoms with Gasteiger partial charge < -0.3 is 20.3 Å². The van der Waals surface area contributed by atoms with Crippen LogP contribution in [-0.2, 0) is 14.3 Å². The van der Waals surface area contributed by atoms with Crippen LogP contribution in [0.5, 0.6) is 0 Å². The number of benzene rings is 1. The van der Waals surface area contributed by atoms with Gasteiger partial charge in [0, 0.05) is 19.2 Å². The van der Waals surface area contributed by atoms with E-state index in [0.717, 1.165) is 6.07 Å². The monoisotopic (exact) mass is 351 g/mol. The highest BCUT2D eigenvalue weighted by molar-refractivity contribution is 6.01. The predicted molar refractivity (Wildman–Crippen MR) is 90.8 cm³/mol. The summed E-state index contributed by atoms with van der Waals surface area (Å²) in [6.45, 7) is 6.77. The van der Waals surface area contributed by atoms with Gasteiger partial charge in [0.15, 0.2) is 0 Å². The van der Waals surface area contributed by atoms with Gasteiger partial charge in [-0.1, -0.05) is 0 Å². The van der Waals surface area contributed by atoms with Gasteiger partial charge in [0.1, 0.15) is 17.5 Å². The van der Waals surface area contributed by atoms with E-state index < -0.39 is 29.5 Å². The number of hydrogen-bond donors (Lipinski definition) is 2. The molecule has 2 rings (SSSR count). The lowest BCUT2D eigenvalue weighted by Crippen LogP contribution is -2.43. The highest BCUT2D eigenvalue weighted by Crippen LogP contribution is 2.27. The van der Waals surface area contributed by atoms with Crippen molar-refractivity contribution in [3.63, 3.8) is 0 Å². The van der Waals surface area contributed by atoms with Crippen molar-refractivity contribution in [3.8, 4) is 0 Å². The topological polar surface area (TPSA) is 87.7 Å². The number of carbonyl (C=O) groups is 3. The Kier molecular flexibility index (Phi) is 5.30. The summed E-state index contributed by atoms with van der Waals surface area (Å²) < 4.78 is 19.4. The summed E-state index contributed by atoms with van der Waals surface area (Å²) in [4.78, 5) is 36.5. The summed E-state index contributed by atoms with van der Waals surface area (Å²) >= 11 is 0. The quantitative estimate of drug-likeness (QED) is 0.875. The molecule has 8 heteroatoms. The van der Waals surface area contributed by atoms with Gasteiger partial charge in [-0.15, -0.1) is 0 Å². The standard InChI is InChI=1S/C17H22FN3O4/c1-10(22)19-11-5-6-14(12(18)9-11)21-8-7-13(15(21)23)20-16(24)25-17(2,3)4/h5-6,9,13H,7-8H2,1-4H3,(H,19,22)(H,20,24)/t13-/m0/s1. The Bertz CT molecular complexity index is 700. The zero-order chi connectivity index (χ0) is 18.8. The molecule has 0 aromatic heterocycles. The Balaban J connectivity index is 2.06. The maximum Gasteiger partial charge on any atom is 0.408 e. The van der Waals surface area contributed by atoms with Crippen molar-refractivity contribution in [1.82, 2.24) is 5.32 Å². The molecule has 1 aromatic carbocycles. The fourth-order valence-corrected chi connectivity index (χ4v) is 2.51. The molecule has 7 nitrogen and oxygen atoms in total. The Morgan fingerprint density at radius 3 is 2.56 bits per heavy atom. The minimum Gasteiger partial charge on any atom is -0.444 e. The van der Waals surface area contributed by atoms with Crippen LogP contribution in [0.2, 0.25) is 0 Å². The highest BCUT2D eigenvalue weighted by Gasteiger charge is 2.35. The third-order valence-corrected chi connectivity index (χ3v) is 3.46. The minimum atomic E-state index is -0.760. The SMILES string of the molecule is CC(=O)Nc1ccc(N2CC[C@H](NC(=O)OC(C)(C)C)C2=O)c(F)c1. The molecule has 1 aromatic rings. The number of alkyl carbamates (subject to hydrolysis) is 1. The van der Waals surface area contributed by atoms with Crippen molar-refractivity contribution in [1.29, 1.82) is 0 Å². The maximum absolute atomic E-state index is 14.3. The van der Waals surface area contributed by atoms with Crippen LogP contribution in [-0.4, -0.2) is 36.1 Å². The number of rotatable bonds is 3. The molecule has 1 heterocycles. The lowest BCUT2D eigenvalue weighted by molar-refractivity contribution is -0.119. The Hall–Kier alpha value is -2.64. The second-order valence-electron chi connectivity index (χ2n) is 6.82. The van der Waals surface area contributed by atoms with Gasteiger partial charge >= 0.3 is 6.09 Å². The third kappa shape index (κ3) is 4.91. The van der Waals surface area contributed by atoms with E-state index in [1.807, 2.05) is 0 Å². The molecule has 3 amide bonds. The van der Waals surface area contributed by atoms with E-state index in [0.29, 0.717) is 12.1 Å². The average molecular weight is 351 g/mol. The first-order valence-electron chi connectivity index (χ1n) is 7.95. The predicted octanol–water partition coefficient (Wildman–Crippen LogP) is 2.41. The molecule has 0 bridgehead atoms. The molecule has 136 valence electrons. The van der Waals surface area contributed by atoms with Crippen LogP contribution in [0.3, 0.4) is 0 Å². The van der Waals surface area contributed by atoms with Gasteiger partial charge in [-0.25, -0.2) is 9.18 Å². The number of ether oxygens (including phenoxy) is 1. The van der Waals surface area contributed by atoms with Crippen molar-refractivity contribution in [3.05, 3.63) is 24.0 Å². The second-order valence-corrected chi connectivity index (χ2v) is 6.82. The van der Waals surface area contributed by atoms with Crippen LogP contribution in [0.4, 0.5) is 20.6 Å². The number of carbonyl (C=O) groups excluding carboxylic acids is 3. The van der Waals surface area contributed by atoms with E-state index in [1.54, 1.807) is 20.8 Å². The molecular weight excluding hydrogens is 329 g/mol. The number of anilines is 2. The van der Waals surface area contributed by atoms with E-state index in [1.165, 1.54) is 24.0 Å².